The van der Waals surface area contributed by atoms with Crippen LogP contribution < -0.4 is 5.73 Å². The summed E-state index contributed by atoms with van der Waals surface area (Å²) >= 11 is 9.09. The molecule has 2 heterocycles. The minimum absolute atomic E-state index is 0.541. The van der Waals surface area contributed by atoms with Gasteiger partial charge in [0.15, 0.2) is 0 Å². The first-order valence-corrected chi connectivity index (χ1v) is 5.77. The number of thiazole rings is 1. The highest BCUT2D eigenvalue weighted by Crippen LogP contribution is 2.34. The van der Waals surface area contributed by atoms with Crippen LogP contribution >= 0.6 is 34.3 Å². The largest absolute Gasteiger partial charge is 0.326 e. The number of thiophene rings is 1. The Hall–Kier alpha value is -0.420. The Morgan fingerprint density at radius 3 is 2.92 bits per heavy atom. The molecule has 2 rings (SSSR count). The number of rotatable bonds is 2. The Labute approximate surface area is 89.0 Å². The summed E-state index contributed by atoms with van der Waals surface area (Å²) in [4.78, 5) is 5.33. The molecule has 2 N–H and O–H groups in total. The lowest BCUT2D eigenvalue weighted by molar-refractivity contribution is 1.10. The van der Waals surface area contributed by atoms with Gasteiger partial charge in [-0.2, -0.15) is 0 Å². The van der Waals surface area contributed by atoms with E-state index in [9.17, 15) is 0 Å². The summed E-state index contributed by atoms with van der Waals surface area (Å²) in [5, 5.41) is 2.91. The van der Waals surface area contributed by atoms with Crippen LogP contribution in [-0.4, -0.2) is 4.98 Å². The summed E-state index contributed by atoms with van der Waals surface area (Å²) in [5.74, 6) is 0. The fraction of sp³-hybridized carbons (Fsp3) is 0.125. The molecule has 0 unspecified atom stereocenters. The monoisotopic (exact) mass is 230 g/mol. The van der Waals surface area contributed by atoms with Crippen LogP contribution in [0.2, 0.25) is 4.34 Å². The van der Waals surface area contributed by atoms with E-state index in [-0.39, 0.29) is 0 Å². The van der Waals surface area contributed by atoms with E-state index < -0.39 is 0 Å². The van der Waals surface area contributed by atoms with Crippen molar-refractivity contribution < 1.29 is 0 Å². The molecule has 0 aliphatic rings. The molecular formula is C8H7ClN2S2. The highest BCUT2D eigenvalue weighted by Gasteiger charge is 2.08. The summed E-state index contributed by atoms with van der Waals surface area (Å²) in [6.07, 6.45) is 1.80. The third-order valence-electron chi connectivity index (χ3n) is 1.60. The Morgan fingerprint density at radius 1 is 1.54 bits per heavy atom. The molecule has 0 amide bonds. The van der Waals surface area contributed by atoms with Gasteiger partial charge in [0.2, 0.25) is 0 Å². The van der Waals surface area contributed by atoms with E-state index in [1.807, 2.05) is 11.4 Å². The third-order valence-corrected chi connectivity index (χ3v) is 3.83. The zero-order valence-electron chi connectivity index (χ0n) is 6.66. The lowest BCUT2D eigenvalue weighted by Crippen LogP contribution is -1.91. The van der Waals surface area contributed by atoms with Crippen molar-refractivity contribution in [3.63, 3.8) is 0 Å². The summed E-state index contributed by atoms with van der Waals surface area (Å²) in [6, 6.07) is 1.98. The molecule has 5 heteroatoms. The van der Waals surface area contributed by atoms with Gasteiger partial charge in [-0.15, -0.1) is 22.7 Å². The zero-order chi connectivity index (χ0) is 9.26. The van der Waals surface area contributed by atoms with Crippen LogP contribution in [0, 0.1) is 0 Å². The zero-order valence-corrected chi connectivity index (χ0v) is 9.05. The topological polar surface area (TPSA) is 38.9 Å². The second kappa shape index (κ2) is 3.75. The second-order valence-electron chi connectivity index (χ2n) is 2.44. The van der Waals surface area contributed by atoms with Crippen LogP contribution in [0.3, 0.4) is 0 Å². The maximum atomic E-state index is 5.98. The predicted molar refractivity (Wildman–Crippen MR) is 58.3 cm³/mol. The number of aromatic nitrogens is 1. The molecule has 0 fully saturated rings. The first-order valence-electron chi connectivity index (χ1n) is 3.69. The maximum Gasteiger partial charge on any atom is 0.125 e. The van der Waals surface area contributed by atoms with E-state index >= 15 is 0 Å². The first-order chi connectivity index (χ1) is 6.31. The van der Waals surface area contributed by atoms with Gasteiger partial charge in [0.05, 0.1) is 0 Å². The summed E-state index contributed by atoms with van der Waals surface area (Å²) < 4.78 is 0.790. The Kier molecular flexibility index (Phi) is 2.64. The Balaban J connectivity index is 2.41. The standard InChI is InChI=1S/C8H7ClN2S2/c9-7-6(1-2-12-7)8-11-4-5(3-10)13-8/h1-2,4H,3,10H2. The highest BCUT2D eigenvalue weighted by molar-refractivity contribution is 7.17. The van der Waals surface area contributed by atoms with E-state index in [1.54, 1.807) is 17.5 Å². The van der Waals surface area contributed by atoms with Gasteiger partial charge in [-0.1, -0.05) is 11.6 Å². The van der Waals surface area contributed by atoms with Gasteiger partial charge in [-0.3, -0.25) is 0 Å². The molecule has 2 aromatic heterocycles. The van der Waals surface area contributed by atoms with Crippen LogP contribution in [0.25, 0.3) is 10.6 Å². The molecule has 2 aromatic rings. The first kappa shape index (κ1) is 9.15. The Bertz CT molecular complexity index is 408. The Morgan fingerprint density at radius 2 is 2.38 bits per heavy atom. The van der Waals surface area contributed by atoms with Crippen LogP contribution in [0.1, 0.15) is 4.88 Å². The molecule has 13 heavy (non-hydrogen) atoms. The maximum absolute atomic E-state index is 5.98. The van der Waals surface area contributed by atoms with Gasteiger partial charge < -0.3 is 5.73 Å². The molecule has 0 saturated heterocycles. The van der Waals surface area contributed by atoms with E-state index in [1.165, 1.54) is 11.3 Å². The summed E-state index contributed by atoms with van der Waals surface area (Å²) in [5.41, 5.74) is 6.51. The molecule has 0 spiro atoms. The SMILES string of the molecule is NCc1cnc(-c2ccsc2Cl)s1. The van der Waals surface area contributed by atoms with Gasteiger partial charge in [-0.05, 0) is 11.4 Å². The number of nitrogens with two attached hydrogens (primary N) is 1. The van der Waals surface area contributed by atoms with Crippen molar-refractivity contribution in [1.29, 1.82) is 0 Å². The van der Waals surface area contributed by atoms with Crippen molar-refractivity contribution in [2.24, 2.45) is 5.73 Å². The number of nitrogens with zero attached hydrogens (tertiary/aromatic N) is 1. The summed E-state index contributed by atoms with van der Waals surface area (Å²) in [6.45, 7) is 0.541. The fourth-order valence-corrected chi connectivity index (χ4v) is 2.84. The molecule has 0 bridgehead atoms. The van der Waals surface area contributed by atoms with Crippen LogP contribution in [-0.2, 0) is 6.54 Å². The van der Waals surface area contributed by atoms with Crippen molar-refractivity contribution >= 4 is 34.3 Å². The molecule has 0 aliphatic heterocycles. The van der Waals surface area contributed by atoms with Gasteiger partial charge in [0.25, 0.3) is 0 Å². The lowest BCUT2D eigenvalue weighted by atomic mass is 10.4. The van der Waals surface area contributed by atoms with Crippen molar-refractivity contribution in [2.45, 2.75) is 6.54 Å². The van der Waals surface area contributed by atoms with Gasteiger partial charge in [0, 0.05) is 23.2 Å². The number of hydrogen-bond donors (Lipinski definition) is 1. The van der Waals surface area contributed by atoms with E-state index in [0.717, 1.165) is 19.8 Å². The minimum Gasteiger partial charge on any atom is -0.326 e. The molecule has 0 aliphatic carbocycles. The van der Waals surface area contributed by atoms with Crippen LogP contribution in [0.4, 0.5) is 0 Å². The quantitative estimate of drug-likeness (QED) is 0.862. The molecular weight excluding hydrogens is 224 g/mol. The molecule has 0 radical (unpaired) electrons. The average Bonchev–Trinajstić information content (AvgIpc) is 2.71. The van der Waals surface area contributed by atoms with Crippen molar-refractivity contribution in [2.75, 3.05) is 0 Å². The highest BCUT2D eigenvalue weighted by atomic mass is 35.5. The van der Waals surface area contributed by atoms with Crippen molar-refractivity contribution in [3.05, 3.63) is 26.9 Å². The average molecular weight is 231 g/mol. The molecule has 0 atom stereocenters. The predicted octanol–water partition coefficient (Wildman–Crippen LogP) is 2.98. The molecule has 68 valence electrons. The summed E-state index contributed by atoms with van der Waals surface area (Å²) in [7, 11) is 0. The van der Waals surface area contributed by atoms with E-state index in [0.29, 0.717) is 6.54 Å². The van der Waals surface area contributed by atoms with E-state index in [2.05, 4.69) is 4.98 Å². The van der Waals surface area contributed by atoms with Crippen LogP contribution in [0.15, 0.2) is 17.6 Å². The minimum atomic E-state index is 0.541. The number of halogens is 1. The smallest absolute Gasteiger partial charge is 0.125 e. The fourth-order valence-electron chi connectivity index (χ4n) is 0.973. The van der Waals surface area contributed by atoms with Crippen LogP contribution in [0.5, 0.6) is 0 Å². The number of hydrogen-bond acceptors (Lipinski definition) is 4. The van der Waals surface area contributed by atoms with E-state index in [4.69, 9.17) is 17.3 Å². The normalized spacial score (nSPS) is 10.6. The van der Waals surface area contributed by atoms with Crippen molar-refractivity contribution in [3.8, 4) is 10.6 Å². The van der Waals surface area contributed by atoms with Gasteiger partial charge >= 0.3 is 0 Å². The van der Waals surface area contributed by atoms with Gasteiger partial charge in [-0.25, -0.2) is 4.98 Å². The lowest BCUT2D eigenvalue weighted by Gasteiger charge is -1.89. The molecule has 0 saturated carbocycles. The third kappa shape index (κ3) is 1.76. The van der Waals surface area contributed by atoms with Crippen molar-refractivity contribution in [1.82, 2.24) is 4.98 Å². The second-order valence-corrected chi connectivity index (χ2v) is 5.08. The molecule has 2 nitrogen and oxygen atoms in total. The molecule has 0 aromatic carbocycles. The van der Waals surface area contributed by atoms with Gasteiger partial charge in [0.1, 0.15) is 9.34 Å².